The third kappa shape index (κ3) is 4.42. The van der Waals surface area contributed by atoms with Gasteiger partial charge in [0, 0.05) is 16.1 Å². The molecule has 0 radical (unpaired) electrons. The fraction of sp³-hybridized carbons (Fsp3) is 0.136. The van der Waals surface area contributed by atoms with Crippen molar-refractivity contribution in [1.82, 2.24) is 20.2 Å². The number of nitrogens with zero attached hydrogens (tertiary/aromatic N) is 4. The monoisotopic (exact) mass is 424 g/mol. The molecule has 4 rings (SSSR count). The van der Waals surface area contributed by atoms with Crippen LogP contribution in [0.25, 0.3) is 11.4 Å². The fourth-order valence-corrected chi connectivity index (χ4v) is 3.44. The molecule has 0 fully saturated rings. The van der Waals surface area contributed by atoms with Gasteiger partial charge in [0.2, 0.25) is 0 Å². The van der Waals surface area contributed by atoms with Crippen molar-refractivity contribution in [2.45, 2.75) is 20.1 Å². The van der Waals surface area contributed by atoms with Crippen LogP contribution in [0.4, 0.5) is 0 Å². The molecule has 0 aliphatic carbocycles. The molecule has 0 amide bonds. The molecule has 0 saturated carbocycles. The van der Waals surface area contributed by atoms with Gasteiger partial charge in [-0.15, -0.1) is 5.10 Å². The average molecular weight is 425 g/mol. The molecule has 0 aliphatic heterocycles. The summed E-state index contributed by atoms with van der Waals surface area (Å²) in [4.78, 5) is 0. The predicted molar refractivity (Wildman–Crippen MR) is 114 cm³/mol. The van der Waals surface area contributed by atoms with E-state index in [1.807, 2.05) is 73.7 Å². The number of benzene rings is 3. The van der Waals surface area contributed by atoms with Gasteiger partial charge in [-0.3, -0.25) is 0 Å². The number of hydrogen-bond donors (Lipinski definition) is 0. The first-order valence-corrected chi connectivity index (χ1v) is 9.84. The van der Waals surface area contributed by atoms with Crippen LogP contribution < -0.4 is 4.74 Å². The molecule has 0 N–H and O–H groups in total. The summed E-state index contributed by atoms with van der Waals surface area (Å²) in [7, 11) is 0. The van der Waals surface area contributed by atoms with Crippen molar-refractivity contribution in [2.24, 2.45) is 0 Å². The largest absolute Gasteiger partial charge is 0.489 e. The van der Waals surface area contributed by atoms with E-state index < -0.39 is 0 Å². The second kappa shape index (κ2) is 8.64. The van der Waals surface area contributed by atoms with Crippen LogP contribution in [0.1, 0.15) is 16.7 Å². The number of ether oxygens (including phenoxy) is 1. The van der Waals surface area contributed by atoms with Crippen LogP contribution in [0.5, 0.6) is 5.75 Å². The van der Waals surface area contributed by atoms with Crippen molar-refractivity contribution in [3.05, 3.63) is 93.5 Å². The number of halogens is 2. The molecular weight excluding hydrogens is 407 g/mol. The lowest BCUT2D eigenvalue weighted by molar-refractivity contribution is 0.302. The molecule has 7 heteroatoms. The maximum atomic E-state index is 6.48. The summed E-state index contributed by atoms with van der Waals surface area (Å²) in [5.41, 5.74) is 3.72. The highest BCUT2D eigenvalue weighted by Gasteiger charge is 2.16. The highest BCUT2D eigenvalue weighted by molar-refractivity contribution is 6.34. The highest BCUT2D eigenvalue weighted by atomic mass is 35.5. The lowest BCUT2D eigenvalue weighted by atomic mass is 10.1. The zero-order valence-electron chi connectivity index (χ0n) is 15.7. The standard InChI is InChI=1S/C22H18Cl2N4O/c1-15-6-5-9-19(21(15)24)22-25-26-27-28(22)13-17-12-18(23)10-11-20(17)29-14-16-7-3-2-4-8-16/h2-12H,13-14H2,1H3. The van der Waals surface area contributed by atoms with E-state index in [1.165, 1.54) is 0 Å². The second-order valence-corrected chi connectivity index (χ2v) is 7.44. The van der Waals surface area contributed by atoms with Gasteiger partial charge in [-0.1, -0.05) is 65.7 Å². The Morgan fingerprint density at radius 1 is 0.966 bits per heavy atom. The van der Waals surface area contributed by atoms with E-state index in [0.717, 1.165) is 28.0 Å². The minimum atomic E-state index is 0.400. The molecule has 0 saturated heterocycles. The Morgan fingerprint density at radius 3 is 2.62 bits per heavy atom. The molecule has 0 spiro atoms. The molecule has 146 valence electrons. The minimum absolute atomic E-state index is 0.400. The molecule has 0 aliphatic rings. The first kappa shape index (κ1) is 19.4. The van der Waals surface area contributed by atoms with Crippen molar-refractivity contribution >= 4 is 23.2 Å². The molecule has 3 aromatic carbocycles. The van der Waals surface area contributed by atoms with E-state index in [-0.39, 0.29) is 0 Å². The van der Waals surface area contributed by atoms with Gasteiger partial charge in [0.05, 0.1) is 11.6 Å². The van der Waals surface area contributed by atoms with Gasteiger partial charge in [-0.05, 0) is 52.7 Å². The summed E-state index contributed by atoms with van der Waals surface area (Å²) in [6.07, 6.45) is 0. The first-order valence-electron chi connectivity index (χ1n) is 9.08. The number of hydrogen-bond acceptors (Lipinski definition) is 4. The second-order valence-electron chi connectivity index (χ2n) is 6.62. The summed E-state index contributed by atoms with van der Waals surface area (Å²) in [6, 6.07) is 21.3. The summed E-state index contributed by atoms with van der Waals surface area (Å²) in [6.45, 7) is 2.81. The van der Waals surface area contributed by atoms with E-state index in [1.54, 1.807) is 4.68 Å². The van der Waals surface area contributed by atoms with Gasteiger partial charge in [0.1, 0.15) is 12.4 Å². The minimum Gasteiger partial charge on any atom is -0.489 e. The van der Waals surface area contributed by atoms with Gasteiger partial charge < -0.3 is 4.74 Å². The van der Waals surface area contributed by atoms with Crippen LogP contribution >= 0.6 is 23.2 Å². The topological polar surface area (TPSA) is 52.8 Å². The van der Waals surface area contributed by atoms with Gasteiger partial charge in [0.15, 0.2) is 5.82 Å². The van der Waals surface area contributed by atoms with E-state index in [0.29, 0.717) is 29.0 Å². The van der Waals surface area contributed by atoms with Gasteiger partial charge in [-0.25, -0.2) is 4.68 Å². The summed E-state index contributed by atoms with van der Waals surface area (Å²) < 4.78 is 7.74. The van der Waals surface area contributed by atoms with Gasteiger partial charge >= 0.3 is 0 Å². The van der Waals surface area contributed by atoms with Crippen LogP contribution in [0.2, 0.25) is 10.0 Å². The van der Waals surface area contributed by atoms with Gasteiger partial charge in [0.25, 0.3) is 0 Å². The average Bonchev–Trinajstić information content (AvgIpc) is 3.18. The van der Waals surface area contributed by atoms with Crippen LogP contribution in [-0.4, -0.2) is 20.2 Å². The molecule has 29 heavy (non-hydrogen) atoms. The Morgan fingerprint density at radius 2 is 1.79 bits per heavy atom. The Kier molecular flexibility index (Phi) is 5.79. The molecular formula is C22H18Cl2N4O. The SMILES string of the molecule is Cc1cccc(-c2nnnn2Cc2cc(Cl)ccc2OCc2ccccc2)c1Cl. The maximum absolute atomic E-state index is 6.48. The van der Waals surface area contributed by atoms with Crippen molar-refractivity contribution in [1.29, 1.82) is 0 Å². The maximum Gasteiger partial charge on any atom is 0.183 e. The van der Waals surface area contributed by atoms with E-state index in [9.17, 15) is 0 Å². The molecule has 5 nitrogen and oxygen atoms in total. The van der Waals surface area contributed by atoms with Crippen LogP contribution in [0, 0.1) is 6.92 Å². The Balaban J connectivity index is 1.63. The zero-order valence-corrected chi connectivity index (χ0v) is 17.2. The number of aryl methyl sites for hydroxylation is 1. The molecule has 0 atom stereocenters. The van der Waals surface area contributed by atoms with Crippen molar-refractivity contribution in [3.63, 3.8) is 0 Å². The fourth-order valence-electron chi connectivity index (χ4n) is 3.03. The summed E-state index contributed by atoms with van der Waals surface area (Å²) in [5, 5.41) is 13.4. The summed E-state index contributed by atoms with van der Waals surface area (Å²) in [5.74, 6) is 1.32. The van der Waals surface area contributed by atoms with Crippen LogP contribution in [0.15, 0.2) is 66.7 Å². The molecule has 4 aromatic rings. The molecule has 1 aromatic heterocycles. The van der Waals surface area contributed by atoms with Crippen LogP contribution in [0.3, 0.4) is 0 Å². The molecule has 0 bridgehead atoms. The number of tetrazole rings is 1. The Labute approximate surface area is 178 Å². The number of aromatic nitrogens is 4. The van der Waals surface area contributed by atoms with E-state index in [4.69, 9.17) is 27.9 Å². The summed E-state index contributed by atoms with van der Waals surface area (Å²) >= 11 is 12.7. The van der Waals surface area contributed by atoms with Crippen molar-refractivity contribution < 1.29 is 4.74 Å². The zero-order chi connectivity index (χ0) is 20.2. The van der Waals surface area contributed by atoms with Crippen molar-refractivity contribution in [3.8, 4) is 17.1 Å². The lowest BCUT2D eigenvalue weighted by Crippen LogP contribution is -2.07. The third-order valence-corrected chi connectivity index (χ3v) is 5.28. The molecule has 0 unspecified atom stereocenters. The quantitative estimate of drug-likeness (QED) is 0.405. The normalized spacial score (nSPS) is 10.9. The lowest BCUT2D eigenvalue weighted by Gasteiger charge is -2.13. The van der Waals surface area contributed by atoms with Crippen LogP contribution in [-0.2, 0) is 13.2 Å². The van der Waals surface area contributed by atoms with E-state index in [2.05, 4.69) is 15.5 Å². The Bertz CT molecular complexity index is 1130. The highest BCUT2D eigenvalue weighted by Crippen LogP contribution is 2.30. The predicted octanol–water partition coefficient (Wildman–Crippen LogP) is 5.58. The third-order valence-electron chi connectivity index (χ3n) is 4.54. The Hall–Kier alpha value is -2.89. The number of rotatable bonds is 6. The smallest absolute Gasteiger partial charge is 0.183 e. The van der Waals surface area contributed by atoms with E-state index >= 15 is 0 Å². The van der Waals surface area contributed by atoms with Gasteiger partial charge in [-0.2, -0.15) is 0 Å². The first-order chi connectivity index (χ1) is 14.1. The van der Waals surface area contributed by atoms with Crippen molar-refractivity contribution in [2.75, 3.05) is 0 Å². The molecule has 1 heterocycles.